The highest BCUT2D eigenvalue weighted by Crippen LogP contribution is 2.35. The maximum absolute atomic E-state index is 13.0. The number of aryl methyl sites for hydroxylation is 2. The van der Waals surface area contributed by atoms with Crippen molar-refractivity contribution in [1.29, 1.82) is 0 Å². The molecule has 5 rings (SSSR count). The summed E-state index contributed by atoms with van der Waals surface area (Å²) in [5.74, 6) is 2.03. The molecule has 0 aliphatic carbocycles. The Morgan fingerprint density at radius 3 is 2.58 bits per heavy atom. The van der Waals surface area contributed by atoms with Gasteiger partial charge in [0.25, 0.3) is 0 Å². The van der Waals surface area contributed by atoms with Crippen LogP contribution in [0.3, 0.4) is 0 Å². The van der Waals surface area contributed by atoms with Crippen molar-refractivity contribution in [2.45, 2.75) is 39.7 Å². The summed E-state index contributed by atoms with van der Waals surface area (Å²) < 4.78 is 8.25. The first-order valence-corrected chi connectivity index (χ1v) is 11.5. The quantitative estimate of drug-likeness (QED) is 0.395. The number of nitrogens with zero attached hydrogens (tertiary/aromatic N) is 3. The maximum atomic E-state index is 13.0. The van der Waals surface area contributed by atoms with Crippen LogP contribution in [0.2, 0.25) is 0 Å². The standard InChI is InChI=1S/C28H29N3O2/c1-19-11-13-23(14-12-19)33-16-15-30-26-9-5-4-8-24(26)29-28(30)22-17-27(32)31(18-22)25-10-6-7-20(2)21(25)3/h4-14,22H,15-18H2,1-3H3. The van der Waals surface area contributed by atoms with E-state index in [0.29, 0.717) is 26.1 Å². The molecule has 4 aromatic rings. The summed E-state index contributed by atoms with van der Waals surface area (Å²) in [6.45, 7) is 8.10. The van der Waals surface area contributed by atoms with Crippen molar-refractivity contribution in [2.24, 2.45) is 0 Å². The molecule has 33 heavy (non-hydrogen) atoms. The molecule has 5 heteroatoms. The summed E-state index contributed by atoms with van der Waals surface area (Å²) >= 11 is 0. The predicted octanol–water partition coefficient (Wildman–Crippen LogP) is 5.56. The SMILES string of the molecule is Cc1ccc(OCCn2c(C3CC(=O)N(c4cccc(C)c4C)C3)nc3ccccc32)cc1. The zero-order valence-corrected chi connectivity index (χ0v) is 19.4. The average Bonchev–Trinajstić information content (AvgIpc) is 3.38. The van der Waals surface area contributed by atoms with Gasteiger partial charge in [0.05, 0.1) is 17.6 Å². The Hall–Kier alpha value is -3.60. The molecule has 3 aromatic carbocycles. The molecule has 1 atom stereocenters. The second-order valence-corrected chi connectivity index (χ2v) is 8.90. The van der Waals surface area contributed by atoms with Crippen LogP contribution >= 0.6 is 0 Å². The van der Waals surface area contributed by atoms with E-state index in [0.717, 1.165) is 33.9 Å². The van der Waals surface area contributed by atoms with Crippen molar-refractivity contribution in [1.82, 2.24) is 9.55 Å². The second kappa shape index (κ2) is 8.74. The molecular formula is C28H29N3O2. The lowest BCUT2D eigenvalue weighted by Crippen LogP contribution is -2.25. The van der Waals surface area contributed by atoms with Crippen LogP contribution < -0.4 is 9.64 Å². The molecule has 0 N–H and O–H groups in total. The molecule has 5 nitrogen and oxygen atoms in total. The smallest absolute Gasteiger partial charge is 0.227 e. The number of ether oxygens (including phenoxy) is 1. The molecule has 1 fully saturated rings. The first-order chi connectivity index (χ1) is 16.0. The molecule has 1 saturated heterocycles. The number of rotatable bonds is 6. The number of para-hydroxylation sites is 2. The first-order valence-electron chi connectivity index (χ1n) is 11.5. The number of imidazole rings is 1. The number of anilines is 1. The number of hydrogen-bond acceptors (Lipinski definition) is 3. The van der Waals surface area contributed by atoms with Gasteiger partial charge in [-0.05, 0) is 62.2 Å². The Morgan fingerprint density at radius 2 is 1.76 bits per heavy atom. The summed E-state index contributed by atoms with van der Waals surface area (Å²) in [6.07, 6.45) is 0.468. The van der Waals surface area contributed by atoms with Gasteiger partial charge in [-0.1, -0.05) is 42.0 Å². The van der Waals surface area contributed by atoms with Gasteiger partial charge in [-0.2, -0.15) is 0 Å². The van der Waals surface area contributed by atoms with Gasteiger partial charge in [0.1, 0.15) is 18.2 Å². The summed E-state index contributed by atoms with van der Waals surface area (Å²) in [7, 11) is 0. The number of carbonyl (C=O) groups excluding carboxylic acids is 1. The highest BCUT2D eigenvalue weighted by Gasteiger charge is 2.35. The molecule has 1 aromatic heterocycles. The Bertz CT molecular complexity index is 1310. The minimum atomic E-state index is 0.0455. The van der Waals surface area contributed by atoms with Crippen LogP contribution in [0.25, 0.3) is 11.0 Å². The highest BCUT2D eigenvalue weighted by atomic mass is 16.5. The van der Waals surface area contributed by atoms with E-state index in [2.05, 4.69) is 49.6 Å². The highest BCUT2D eigenvalue weighted by molar-refractivity contribution is 5.97. The van der Waals surface area contributed by atoms with Gasteiger partial charge in [-0.3, -0.25) is 4.79 Å². The van der Waals surface area contributed by atoms with Crippen LogP contribution in [0.5, 0.6) is 5.75 Å². The summed E-state index contributed by atoms with van der Waals surface area (Å²) in [5, 5.41) is 0. The van der Waals surface area contributed by atoms with Crippen LogP contribution in [-0.2, 0) is 11.3 Å². The lowest BCUT2D eigenvalue weighted by atomic mass is 10.1. The number of carbonyl (C=O) groups is 1. The number of benzene rings is 3. The summed E-state index contributed by atoms with van der Waals surface area (Å²) in [5.41, 5.74) is 6.62. The number of hydrogen-bond donors (Lipinski definition) is 0. The van der Waals surface area contributed by atoms with E-state index < -0.39 is 0 Å². The second-order valence-electron chi connectivity index (χ2n) is 8.90. The zero-order chi connectivity index (χ0) is 22.9. The fourth-order valence-corrected chi connectivity index (χ4v) is 4.67. The Morgan fingerprint density at radius 1 is 0.970 bits per heavy atom. The molecule has 0 spiro atoms. The van der Waals surface area contributed by atoms with Gasteiger partial charge >= 0.3 is 0 Å². The summed E-state index contributed by atoms with van der Waals surface area (Å²) in [6, 6.07) is 22.4. The van der Waals surface area contributed by atoms with Crippen molar-refractivity contribution in [3.63, 3.8) is 0 Å². The van der Waals surface area contributed by atoms with Gasteiger partial charge < -0.3 is 14.2 Å². The third kappa shape index (κ3) is 4.11. The first kappa shape index (κ1) is 21.3. The molecule has 1 aliphatic rings. The minimum absolute atomic E-state index is 0.0455. The average molecular weight is 440 g/mol. The monoisotopic (exact) mass is 439 g/mol. The lowest BCUT2D eigenvalue weighted by molar-refractivity contribution is -0.117. The normalized spacial score (nSPS) is 16.0. The lowest BCUT2D eigenvalue weighted by Gasteiger charge is -2.20. The Labute approximate surface area is 194 Å². The third-order valence-electron chi connectivity index (χ3n) is 6.65. The van der Waals surface area contributed by atoms with Crippen LogP contribution in [0.4, 0.5) is 5.69 Å². The number of fused-ring (bicyclic) bond motifs is 1. The fourth-order valence-electron chi connectivity index (χ4n) is 4.67. The molecule has 168 valence electrons. The molecule has 1 aliphatic heterocycles. The van der Waals surface area contributed by atoms with E-state index >= 15 is 0 Å². The predicted molar refractivity (Wildman–Crippen MR) is 132 cm³/mol. The van der Waals surface area contributed by atoms with Gasteiger partial charge in [-0.25, -0.2) is 4.98 Å². The fraction of sp³-hybridized carbons (Fsp3) is 0.286. The van der Waals surface area contributed by atoms with E-state index in [-0.39, 0.29) is 11.8 Å². The van der Waals surface area contributed by atoms with E-state index in [1.54, 1.807) is 0 Å². The van der Waals surface area contributed by atoms with Crippen molar-refractivity contribution in [3.05, 3.63) is 89.2 Å². The van der Waals surface area contributed by atoms with Gasteiger partial charge in [0, 0.05) is 24.6 Å². The van der Waals surface area contributed by atoms with Crippen LogP contribution in [0.15, 0.2) is 66.7 Å². The van der Waals surface area contributed by atoms with E-state index in [1.165, 1.54) is 11.1 Å². The van der Waals surface area contributed by atoms with Crippen molar-refractivity contribution in [3.8, 4) is 5.75 Å². The van der Waals surface area contributed by atoms with E-state index in [9.17, 15) is 4.79 Å². The van der Waals surface area contributed by atoms with Gasteiger partial charge in [-0.15, -0.1) is 0 Å². The zero-order valence-electron chi connectivity index (χ0n) is 19.4. The Kier molecular flexibility index (Phi) is 5.63. The van der Waals surface area contributed by atoms with Crippen molar-refractivity contribution < 1.29 is 9.53 Å². The third-order valence-corrected chi connectivity index (χ3v) is 6.65. The Balaban J connectivity index is 1.41. The summed E-state index contributed by atoms with van der Waals surface area (Å²) in [4.78, 5) is 19.9. The van der Waals surface area contributed by atoms with Crippen molar-refractivity contribution >= 4 is 22.6 Å². The van der Waals surface area contributed by atoms with Gasteiger partial charge in [0.15, 0.2) is 0 Å². The van der Waals surface area contributed by atoms with E-state index in [4.69, 9.17) is 9.72 Å². The topological polar surface area (TPSA) is 47.4 Å². The van der Waals surface area contributed by atoms with Crippen LogP contribution in [0, 0.1) is 20.8 Å². The minimum Gasteiger partial charge on any atom is -0.492 e. The largest absolute Gasteiger partial charge is 0.492 e. The maximum Gasteiger partial charge on any atom is 0.227 e. The number of aromatic nitrogens is 2. The van der Waals surface area contributed by atoms with Crippen LogP contribution in [0.1, 0.15) is 34.9 Å². The molecule has 2 heterocycles. The van der Waals surface area contributed by atoms with Gasteiger partial charge in [0.2, 0.25) is 5.91 Å². The van der Waals surface area contributed by atoms with Crippen molar-refractivity contribution in [2.75, 3.05) is 18.1 Å². The molecule has 0 radical (unpaired) electrons. The molecule has 1 amide bonds. The number of amides is 1. The van der Waals surface area contributed by atoms with E-state index in [1.807, 2.05) is 47.4 Å². The molecule has 1 unspecified atom stereocenters. The molecule has 0 saturated carbocycles. The molecular weight excluding hydrogens is 410 g/mol. The molecule has 0 bridgehead atoms. The van der Waals surface area contributed by atoms with Crippen LogP contribution in [-0.4, -0.2) is 28.6 Å².